The first-order valence-electron chi connectivity index (χ1n) is 5.98. The van der Waals surface area contributed by atoms with Gasteiger partial charge in [0.1, 0.15) is 0 Å². The molecule has 2 aromatic rings. The molecule has 114 valence electrons. The van der Waals surface area contributed by atoms with Crippen molar-refractivity contribution in [3.8, 4) is 0 Å². The Morgan fingerprint density at radius 3 is 2.29 bits per heavy atom. The van der Waals surface area contributed by atoms with Gasteiger partial charge in [0, 0.05) is 11.4 Å². The standard InChI is InChI=1S/C13H12F3NO2S2/c14-13(15,16)10-3-5-12(6-4-10)21(18,19)17-8-7-11-2-1-9-20-11/h1-6,9,17H,7-8H2. The van der Waals surface area contributed by atoms with Gasteiger partial charge >= 0.3 is 6.18 Å². The maximum Gasteiger partial charge on any atom is 0.416 e. The smallest absolute Gasteiger partial charge is 0.211 e. The molecule has 0 bridgehead atoms. The second-order valence-corrected chi connectivity index (χ2v) is 7.05. The van der Waals surface area contributed by atoms with Crippen molar-refractivity contribution in [1.29, 1.82) is 0 Å². The highest BCUT2D eigenvalue weighted by Crippen LogP contribution is 2.29. The van der Waals surface area contributed by atoms with Gasteiger partial charge in [-0.1, -0.05) is 6.07 Å². The highest BCUT2D eigenvalue weighted by Gasteiger charge is 2.30. The zero-order valence-electron chi connectivity index (χ0n) is 10.7. The van der Waals surface area contributed by atoms with E-state index in [4.69, 9.17) is 0 Å². The highest BCUT2D eigenvalue weighted by atomic mass is 32.2. The van der Waals surface area contributed by atoms with E-state index in [-0.39, 0.29) is 11.4 Å². The van der Waals surface area contributed by atoms with E-state index in [9.17, 15) is 21.6 Å². The van der Waals surface area contributed by atoms with Crippen molar-refractivity contribution in [2.45, 2.75) is 17.5 Å². The Labute approximate surface area is 124 Å². The van der Waals surface area contributed by atoms with Crippen LogP contribution in [0.3, 0.4) is 0 Å². The summed E-state index contributed by atoms with van der Waals surface area (Å²) >= 11 is 1.51. The van der Waals surface area contributed by atoms with Gasteiger partial charge in [-0.25, -0.2) is 13.1 Å². The second kappa shape index (κ2) is 6.17. The largest absolute Gasteiger partial charge is 0.416 e. The van der Waals surface area contributed by atoms with Crippen molar-refractivity contribution in [2.24, 2.45) is 0 Å². The molecule has 0 aliphatic carbocycles. The third-order valence-electron chi connectivity index (χ3n) is 2.74. The fourth-order valence-corrected chi connectivity index (χ4v) is 3.41. The molecule has 1 N–H and O–H groups in total. The molecule has 0 unspecified atom stereocenters. The maximum atomic E-state index is 12.4. The number of thiophene rings is 1. The molecular weight excluding hydrogens is 323 g/mol. The molecule has 1 heterocycles. The van der Waals surface area contributed by atoms with Gasteiger partial charge in [-0.2, -0.15) is 13.2 Å². The molecule has 0 saturated heterocycles. The molecule has 0 aliphatic rings. The molecule has 21 heavy (non-hydrogen) atoms. The molecule has 0 aliphatic heterocycles. The number of nitrogens with one attached hydrogen (secondary N) is 1. The van der Waals surface area contributed by atoms with Crippen LogP contribution in [0.1, 0.15) is 10.4 Å². The van der Waals surface area contributed by atoms with E-state index >= 15 is 0 Å². The van der Waals surface area contributed by atoms with Crippen LogP contribution in [-0.2, 0) is 22.6 Å². The van der Waals surface area contributed by atoms with Crippen LogP contribution < -0.4 is 4.72 Å². The summed E-state index contributed by atoms with van der Waals surface area (Å²) in [5.74, 6) is 0. The molecular formula is C13H12F3NO2S2. The first-order valence-corrected chi connectivity index (χ1v) is 8.34. The number of alkyl halides is 3. The zero-order valence-corrected chi connectivity index (χ0v) is 12.4. The second-order valence-electron chi connectivity index (χ2n) is 4.25. The summed E-state index contributed by atoms with van der Waals surface area (Å²) in [6, 6.07) is 7.18. The SMILES string of the molecule is O=S(=O)(NCCc1cccs1)c1ccc(C(F)(F)F)cc1. The van der Waals surface area contributed by atoms with Crippen molar-refractivity contribution >= 4 is 21.4 Å². The monoisotopic (exact) mass is 335 g/mol. The minimum atomic E-state index is -4.48. The minimum absolute atomic E-state index is 0.179. The molecule has 0 spiro atoms. The van der Waals surface area contributed by atoms with Gasteiger partial charge in [-0.05, 0) is 42.1 Å². The van der Waals surface area contributed by atoms with Gasteiger partial charge in [0.2, 0.25) is 10.0 Å². The molecule has 0 amide bonds. The predicted molar refractivity (Wildman–Crippen MR) is 74.7 cm³/mol. The lowest BCUT2D eigenvalue weighted by Gasteiger charge is -2.09. The van der Waals surface area contributed by atoms with Gasteiger partial charge in [0.15, 0.2) is 0 Å². The van der Waals surface area contributed by atoms with Crippen LogP contribution >= 0.6 is 11.3 Å². The molecule has 0 atom stereocenters. The van der Waals surface area contributed by atoms with E-state index in [0.29, 0.717) is 6.42 Å². The fourth-order valence-electron chi connectivity index (χ4n) is 1.67. The molecule has 1 aromatic heterocycles. The van der Waals surface area contributed by atoms with Crippen LogP contribution in [-0.4, -0.2) is 15.0 Å². The summed E-state index contributed by atoms with van der Waals surface area (Å²) in [4.78, 5) is 0.854. The van der Waals surface area contributed by atoms with Crippen LogP contribution in [0.4, 0.5) is 13.2 Å². The summed E-state index contributed by atoms with van der Waals surface area (Å²) in [5.41, 5.74) is -0.875. The van der Waals surface area contributed by atoms with Gasteiger partial charge in [-0.3, -0.25) is 0 Å². The Morgan fingerprint density at radius 2 is 1.76 bits per heavy atom. The Hall–Kier alpha value is -1.38. The van der Waals surface area contributed by atoms with E-state index in [0.717, 1.165) is 29.1 Å². The summed E-state index contributed by atoms with van der Waals surface area (Å²) in [5, 5.41) is 1.89. The lowest BCUT2D eigenvalue weighted by Crippen LogP contribution is -2.25. The van der Waals surface area contributed by atoms with Crippen LogP contribution in [0.25, 0.3) is 0 Å². The summed E-state index contributed by atoms with van der Waals surface area (Å²) < 4.78 is 63.5. The maximum absolute atomic E-state index is 12.4. The number of hydrogen-bond acceptors (Lipinski definition) is 3. The molecule has 8 heteroatoms. The van der Waals surface area contributed by atoms with Crippen molar-refractivity contribution in [3.63, 3.8) is 0 Å². The molecule has 1 aromatic carbocycles. The van der Waals surface area contributed by atoms with Gasteiger partial charge in [0.25, 0.3) is 0 Å². The van der Waals surface area contributed by atoms with E-state index in [1.807, 2.05) is 17.5 Å². The van der Waals surface area contributed by atoms with Crippen LogP contribution in [0.15, 0.2) is 46.7 Å². The molecule has 3 nitrogen and oxygen atoms in total. The highest BCUT2D eigenvalue weighted by molar-refractivity contribution is 7.89. The third-order valence-corrected chi connectivity index (χ3v) is 5.15. The molecule has 2 rings (SSSR count). The van der Waals surface area contributed by atoms with Crippen LogP contribution in [0, 0.1) is 0 Å². The fraction of sp³-hybridized carbons (Fsp3) is 0.231. The van der Waals surface area contributed by atoms with E-state index in [2.05, 4.69) is 4.72 Å². The Balaban J connectivity index is 2.02. The number of rotatable bonds is 5. The topological polar surface area (TPSA) is 46.2 Å². The van der Waals surface area contributed by atoms with Crippen molar-refractivity contribution < 1.29 is 21.6 Å². The first kappa shape index (κ1) is 16.0. The van der Waals surface area contributed by atoms with E-state index in [1.54, 1.807) is 0 Å². The van der Waals surface area contributed by atoms with E-state index < -0.39 is 21.8 Å². The molecule has 0 saturated carbocycles. The van der Waals surface area contributed by atoms with Crippen molar-refractivity contribution in [1.82, 2.24) is 4.72 Å². The van der Waals surface area contributed by atoms with Crippen molar-refractivity contribution in [3.05, 3.63) is 52.2 Å². The zero-order chi connectivity index (χ0) is 15.5. The first-order chi connectivity index (χ1) is 9.79. The summed E-state index contributed by atoms with van der Waals surface area (Å²) in [7, 11) is -3.79. The van der Waals surface area contributed by atoms with E-state index in [1.165, 1.54) is 11.3 Å². The number of sulfonamides is 1. The Morgan fingerprint density at radius 1 is 1.10 bits per heavy atom. The molecule has 0 fully saturated rings. The summed E-state index contributed by atoms with van der Waals surface area (Å²) in [6.07, 6.45) is -3.94. The average molecular weight is 335 g/mol. The van der Waals surface area contributed by atoms with Gasteiger partial charge < -0.3 is 0 Å². The van der Waals surface area contributed by atoms with Crippen molar-refractivity contribution in [2.75, 3.05) is 6.54 Å². The number of benzene rings is 1. The minimum Gasteiger partial charge on any atom is -0.211 e. The quantitative estimate of drug-likeness (QED) is 0.911. The van der Waals surface area contributed by atoms with Gasteiger partial charge in [0.05, 0.1) is 10.5 Å². The lowest BCUT2D eigenvalue weighted by atomic mass is 10.2. The number of hydrogen-bond donors (Lipinski definition) is 1. The molecule has 0 radical (unpaired) electrons. The van der Waals surface area contributed by atoms with Gasteiger partial charge in [-0.15, -0.1) is 11.3 Å². The van der Waals surface area contributed by atoms with Crippen LogP contribution in [0.5, 0.6) is 0 Å². The Kier molecular flexibility index (Phi) is 4.70. The third kappa shape index (κ3) is 4.29. The average Bonchev–Trinajstić information content (AvgIpc) is 2.91. The number of halogens is 3. The normalized spacial score (nSPS) is 12.5. The Bertz CT molecular complexity index is 677. The van der Waals surface area contributed by atoms with Crippen LogP contribution in [0.2, 0.25) is 0 Å². The lowest BCUT2D eigenvalue weighted by molar-refractivity contribution is -0.137. The summed E-state index contributed by atoms with van der Waals surface area (Å²) in [6.45, 7) is 0.198. The predicted octanol–water partition coefficient (Wildman–Crippen LogP) is 3.29.